The van der Waals surface area contributed by atoms with E-state index in [1.165, 1.54) is 0 Å². The summed E-state index contributed by atoms with van der Waals surface area (Å²) in [6, 6.07) is 5.02. The van der Waals surface area contributed by atoms with Gasteiger partial charge in [0.15, 0.2) is 0 Å². The number of hydrogen-bond donors (Lipinski definition) is 2. The van der Waals surface area contributed by atoms with Crippen molar-refractivity contribution in [1.82, 2.24) is 4.72 Å². The fraction of sp³-hybridized carbons (Fsp3) is 0.571. The number of sulfonamides is 1. The zero-order valence-corrected chi connectivity index (χ0v) is 12.7. The molecule has 0 spiro atoms. The lowest BCUT2D eigenvalue weighted by Gasteiger charge is -2.14. The van der Waals surface area contributed by atoms with Gasteiger partial charge in [0.25, 0.3) is 0 Å². The lowest BCUT2D eigenvalue weighted by molar-refractivity contribution is 0.107. The van der Waals surface area contributed by atoms with Crippen LogP contribution >= 0.6 is 0 Å². The Morgan fingerprint density at radius 3 is 2.70 bits per heavy atom. The molecule has 0 saturated heterocycles. The minimum Gasteiger partial charge on any atom is -0.381 e. The van der Waals surface area contributed by atoms with Crippen LogP contribution in [0.1, 0.15) is 30.4 Å². The summed E-state index contributed by atoms with van der Waals surface area (Å²) in [6.45, 7) is 2.29. The Kier molecular flexibility index (Phi) is 4.80. The first-order chi connectivity index (χ1) is 9.46. The maximum absolute atomic E-state index is 12.4. The van der Waals surface area contributed by atoms with Crippen molar-refractivity contribution in [1.29, 1.82) is 0 Å². The summed E-state index contributed by atoms with van der Waals surface area (Å²) in [5.41, 5.74) is 7.46. The van der Waals surface area contributed by atoms with Gasteiger partial charge in [-0.05, 0) is 49.4 Å². The molecule has 0 amide bonds. The molecule has 1 aromatic carbocycles. The molecule has 2 atom stereocenters. The van der Waals surface area contributed by atoms with Crippen LogP contribution in [0.15, 0.2) is 23.1 Å². The third-order valence-electron chi connectivity index (χ3n) is 3.88. The summed E-state index contributed by atoms with van der Waals surface area (Å²) >= 11 is 0. The number of nitrogens with one attached hydrogen (secondary N) is 1. The molecule has 6 heteroatoms. The number of aryl methyl sites for hydroxylation is 1. The second-order valence-electron chi connectivity index (χ2n) is 5.28. The minimum absolute atomic E-state index is 0.0422. The molecule has 1 fully saturated rings. The highest BCUT2D eigenvalue weighted by Crippen LogP contribution is 2.23. The third-order valence-corrected chi connectivity index (χ3v) is 5.40. The van der Waals surface area contributed by atoms with E-state index in [9.17, 15) is 8.42 Å². The smallest absolute Gasteiger partial charge is 0.240 e. The highest BCUT2D eigenvalue weighted by Gasteiger charge is 2.28. The zero-order chi connectivity index (χ0) is 14.8. The third kappa shape index (κ3) is 3.38. The molecule has 1 aliphatic rings. The van der Waals surface area contributed by atoms with Gasteiger partial charge in [-0.25, -0.2) is 13.1 Å². The molecule has 5 nitrogen and oxygen atoms in total. The summed E-state index contributed by atoms with van der Waals surface area (Å²) in [7, 11) is -1.81. The van der Waals surface area contributed by atoms with Crippen LogP contribution in [0.3, 0.4) is 0 Å². The molecule has 3 N–H and O–H groups in total. The first-order valence-corrected chi connectivity index (χ1v) is 8.29. The Morgan fingerprint density at radius 1 is 1.40 bits per heavy atom. The van der Waals surface area contributed by atoms with E-state index in [-0.39, 0.29) is 12.1 Å². The molecule has 2 unspecified atom stereocenters. The van der Waals surface area contributed by atoms with Crippen molar-refractivity contribution in [3.63, 3.8) is 0 Å². The first kappa shape index (κ1) is 15.4. The minimum atomic E-state index is -3.47. The molecule has 1 saturated carbocycles. The molecule has 1 aromatic rings. The molecule has 0 aliphatic heterocycles. The lowest BCUT2D eigenvalue weighted by atomic mass is 10.1. The number of benzene rings is 1. The van der Waals surface area contributed by atoms with E-state index < -0.39 is 10.0 Å². The average molecular weight is 298 g/mol. The fourth-order valence-corrected chi connectivity index (χ4v) is 3.98. The van der Waals surface area contributed by atoms with Crippen molar-refractivity contribution in [2.24, 2.45) is 5.73 Å². The lowest BCUT2D eigenvalue weighted by Crippen LogP contribution is -2.33. The van der Waals surface area contributed by atoms with Crippen LogP contribution in [0.2, 0.25) is 0 Å². The quantitative estimate of drug-likeness (QED) is 0.858. The van der Waals surface area contributed by atoms with Gasteiger partial charge < -0.3 is 10.5 Å². The topological polar surface area (TPSA) is 81.4 Å². The van der Waals surface area contributed by atoms with Crippen LogP contribution in [0.4, 0.5) is 0 Å². The van der Waals surface area contributed by atoms with Gasteiger partial charge in [0.2, 0.25) is 10.0 Å². The Balaban J connectivity index is 2.12. The molecule has 20 heavy (non-hydrogen) atoms. The molecular formula is C14H22N2O3S. The van der Waals surface area contributed by atoms with E-state index in [1.54, 1.807) is 25.3 Å². The van der Waals surface area contributed by atoms with Crippen molar-refractivity contribution in [3.8, 4) is 0 Å². The van der Waals surface area contributed by atoms with E-state index in [0.717, 1.165) is 30.4 Å². The van der Waals surface area contributed by atoms with E-state index >= 15 is 0 Å². The monoisotopic (exact) mass is 298 g/mol. The summed E-state index contributed by atoms with van der Waals surface area (Å²) in [5.74, 6) is 0. The summed E-state index contributed by atoms with van der Waals surface area (Å²) < 4.78 is 32.7. The maximum atomic E-state index is 12.4. The molecule has 0 bridgehead atoms. The molecule has 0 radical (unpaired) electrons. The van der Waals surface area contributed by atoms with Crippen molar-refractivity contribution in [3.05, 3.63) is 29.3 Å². The van der Waals surface area contributed by atoms with Crippen molar-refractivity contribution in [2.75, 3.05) is 7.11 Å². The fourth-order valence-electron chi connectivity index (χ4n) is 2.61. The standard InChI is InChI=1S/C14H22N2O3S/c1-10-7-14(6-3-11(10)9-15)20(17,18)16-12-4-5-13(8-12)19-2/h3,6-7,12-13,16H,4-5,8-9,15H2,1-2H3. The second kappa shape index (κ2) is 6.22. The van der Waals surface area contributed by atoms with Gasteiger partial charge in [0, 0.05) is 19.7 Å². The van der Waals surface area contributed by atoms with Crippen LogP contribution in [0, 0.1) is 6.92 Å². The Hall–Kier alpha value is -0.950. The number of methoxy groups -OCH3 is 1. The Bertz CT molecular complexity index is 572. The SMILES string of the molecule is COC1CCC(NS(=O)(=O)c2ccc(CN)c(C)c2)C1. The molecule has 2 rings (SSSR count). The maximum Gasteiger partial charge on any atom is 0.240 e. The molecule has 0 heterocycles. The van der Waals surface area contributed by atoms with Crippen molar-refractivity contribution in [2.45, 2.75) is 49.8 Å². The molecular weight excluding hydrogens is 276 g/mol. The van der Waals surface area contributed by atoms with Gasteiger partial charge in [-0.15, -0.1) is 0 Å². The van der Waals surface area contributed by atoms with E-state index in [4.69, 9.17) is 10.5 Å². The number of hydrogen-bond acceptors (Lipinski definition) is 4. The Labute approximate surface area is 120 Å². The van der Waals surface area contributed by atoms with Crippen molar-refractivity contribution < 1.29 is 13.2 Å². The molecule has 0 aromatic heterocycles. The molecule has 112 valence electrons. The van der Waals surface area contributed by atoms with Gasteiger partial charge in [0.05, 0.1) is 11.0 Å². The van der Waals surface area contributed by atoms with Gasteiger partial charge in [-0.3, -0.25) is 0 Å². The predicted molar refractivity (Wildman–Crippen MR) is 77.8 cm³/mol. The highest BCUT2D eigenvalue weighted by molar-refractivity contribution is 7.89. The van der Waals surface area contributed by atoms with Crippen LogP contribution in [-0.2, 0) is 21.3 Å². The van der Waals surface area contributed by atoms with Crippen LogP contribution in [-0.4, -0.2) is 27.7 Å². The number of rotatable bonds is 5. The van der Waals surface area contributed by atoms with Gasteiger partial charge in [-0.1, -0.05) is 6.07 Å². The average Bonchev–Trinajstić information content (AvgIpc) is 2.85. The number of ether oxygens (including phenoxy) is 1. The number of nitrogens with two attached hydrogens (primary N) is 1. The van der Waals surface area contributed by atoms with Gasteiger partial charge >= 0.3 is 0 Å². The van der Waals surface area contributed by atoms with E-state index in [0.29, 0.717) is 11.4 Å². The zero-order valence-electron chi connectivity index (χ0n) is 11.9. The second-order valence-corrected chi connectivity index (χ2v) is 7.00. The molecule has 1 aliphatic carbocycles. The van der Waals surface area contributed by atoms with Crippen LogP contribution in [0.25, 0.3) is 0 Å². The van der Waals surface area contributed by atoms with E-state index in [1.807, 2.05) is 6.92 Å². The van der Waals surface area contributed by atoms with E-state index in [2.05, 4.69) is 4.72 Å². The normalized spacial score (nSPS) is 23.1. The predicted octanol–water partition coefficient (Wildman–Crippen LogP) is 1.30. The summed E-state index contributed by atoms with van der Waals surface area (Å²) in [5, 5.41) is 0. The Morgan fingerprint density at radius 2 is 2.15 bits per heavy atom. The van der Waals surface area contributed by atoms with Crippen LogP contribution < -0.4 is 10.5 Å². The largest absolute Gasteiger partial charge is 0.381 e. The summed E-state index contributed by atoms with van der Waals surface area (Å²) in [4.78, 5) is 0.299. The van der Waals surface area contributed by atoms with Gasteiger partial charge in [-0.2, -0.15) is 0 Å². The van der Waals surface area contributed by atoms with Gasteiger partial charge in [0.1, 0.15) is 0 Å². The summed E-state index contributed by atoms with van der Waals surface area (Å²) in [6.07, 6.45) is 2.60. The highest BCUT2D eigenvalue weighted by atomic mass is 32.2. The van der Waals surface area contributed by atoms with Crippen LogP contribution in [0.5, 0.6) is 0 Å². The first-order valence-electron chi connectivity index (χ1n) is 6.81. The van der Waals surface area contributed by atoms with Crippen molar-refractivity contribution >= 4 is 10.0 Å².